The van der Waals surface area contributed by atoms with Crippen LogP contribution in [0.1, 0.15) is 39.7 Å². The molecule has 0 saturated carbocycles. The molecule has 144 valence electrons. The van der Waals surface area contributed by atoms with Gasteiger partial charge in [-0.15, -0.1) is 0 Å². The van der Waals surface area contributed by atoms with Gasteiger partial charge < -0.3 is 20.1 Å². The first kappa shape index (κ1) is 21.5. The molecule has 1 rings (SSSR count). The summed E-state index contributed by atoms with van der Waals surface area (Å²) in [5.41, 5.74) is 0.186. The summed E-state index contributed by atoms with van der Waals surface area (Å²) in [7, 11) is 1.26. The molecule has 26 heavy (non-hydrogen) atoms. The minimum atomic E-state index is -0.883. The summed E-state index contributed by atoms with van der Waals surface area (Å²) in [5.74, 6) is -1.01. The molecule has 0 aliphatic rings. The van der Waals surface area contributed by atoms with E-state index in [1.54, 1.807) is 27.7 Å². The standard InChI is InChI=1S/C19H28N2O5/c1-6-14(17(23)25-5)20-16(22)15(12-13-10-8-7-9-11-13)21-18(24)26-19(2,3)4/h7-11,14-15H,6,12H2,1-5H3,(H,20,22)(H,21,24)/t14-,15-/m0/s1. The van der Waals surface area contributed by atoms with Gasteiger partial charge in [0.1, 0.15) is 17.7 Å². The van der Waals surface area contributed by atoms with Gasteiger partial charge in [0.05, 0.1) is 7.11 Å². The number of carbonyl (C=O) groups is 3. The fourth-order valence-corrected chi connectivity index (χ4v) is 2.25. The SMILES string of the molecule is CC[C@H](NC(=O)[C@H](Cc1ccccc1)NC(=O)OC(C)(C)C)C(=O)OC. The highest BCUT2D eigenvalue weighted by Gasteiger charge is 2.28. The Hall–Kier alpha value is -2.57. The number of esters is 1. The highest BCUT2D eigenvalue weighted by atomic mass is 16.6. The number of ether oxygens (including phenoxy) is 2. The molecule has 0 spiro atoms. The number of benzene rings is 1. The lowest BCUT2D eigenvalue weighted by Crippen LogP contribution is -2.53. The van der Waals surface area contributed by atoms with Crippen molar-refractivity contribution in [2.24, 2.45) is 0 Å². The third-order valence-corrected chi connectivity index (χ3v) is 3.50. The second kappa shape index (κ2) is 9.79. The molecular weight excluding hydrogens is 336 g/mol. The van der Waals surface area contributed by atoms with Crippen LogP contribution < -0.4 is 10.6 Å². The Morgan fingerprint density at radius 3 is 2.15 bits per heavy atom. The lowest BCUT2D eigenvalue weighted by atomic mass is 10.0. The zero-order valence-corrected chi connectivity index (χ0v) is 16.0. The molecular formula is C19H28N2O5. The molecule has 0 aliphatic heterocycles. The topological polar surface area (TPSA) is 93.7 Å². The number of carbonyl (C=O) groups excluding carboxylic acids is 3. The van der Waals surface area contributed by atoms with E-state index in [9.17, 15) is 14.4 Å². The van der Waals surface area contributed by atoms with Gasteiger partial charge in [-0.3, -0.25) is 4.79 Å². The first-order valence-electron chi connectivity index (χ1n) is 8.58. The molecule has 7 heteroatoms. The molecule has 0 radical (unpaired) electrons. The van der Waals surface area contributed by atoms with Gasteiger partial charge in [0, 0.05) is 6.42 Å². The Bertz CT molecular complexity index is 610. The van der Waals surface area contributed by atoms with E-state index < -0.39 is 35.7 Å². The van der Waals surface area contributed by atoms with Crippen LogP contribution >= 0.6 is 0 Å². The van der Waals surface area contributed by atoms with Gasteiger partial charge >= 0.3 is 12.1 Å². The molecule has 0 saturated heterocycles. The third kappa shape index (κ3) is 7.55. The summed E-state index contributed by atoms with van der Waals surface area (Å²) in [4.78, 5) is 36.5. The van der Waals surface area contributed by atoms with E-state index in [1.807, 2.05) is 30.3 Å². The van der Waals surface area contributed by atoms with Crippen molar-refractivity contribution < 1.29 is 23.9 Å². The van der Waals surface area contributed by atoms with Gasteiger partial charge in [0.2, 0.25) is 5.91 Å². The first-order valence-corrected chi connectivity index (χ1v) is 8.58. The zero-order chi connectivity index (χ0) is 19.7. The highest BCUT2D eigenvalue weighted by Crippen LogP contribution is 2.09. The maximum Gasteiger partial charge on any atom is 0.408 e. The number of nitrogens with one attached hydrogen (secondary N) is 2. The average molecular weight is 364 g/mol. The number of amides is 2. The minimum Gasteiger partial charge on any atom is -0.467 e. The van der Waals surface area contributed by atoms with Crippen LogP contribution in [0.3, 0.4) is 0 Å². The molecule has 0 heterocycles. The lowest BCUT2D eigenvalue weighted by Gasteiger charge is -2.24. The van der Waals surface area contributed by atoms with E-state index in [-0.39, 0.29) is 6.42 Å². The van der Waals surface area contributed by atoms with E-state index in [4.69, 9.17) is 4.74 Å². The van der Waals surface area contributed by atoms with Crippen LogP contribution in [0.4, 0.5) is 4.79 Å². The van der Waals surface area contributed by atoms with Crippen LogP contribution in [0.2, 0.25) is 0 Å². The van der Waals surface area contributed by atoms with Crippen molar-refractivity contribution in [3.05, 3.63) is 35.9 Å². The van der Waals surface area contributed by atoms with Gasteiger partial charge in [-0.05, 0) is 32.8 Å². The van der Waals surface area contributed by atoms with Crippen LogP contribution in [-0.4, -0.2) is 42.8 Å². The van der Waals surface area contributed by atoms with Crippen LogP contribution in [0, 0.1) is 0 Å². The Morgan fingerprint density at radius 2 is 1.65 bits per heavy atom. The highest BCUT2D eigenvalue weighted by molar-refractivity contribution is 5.89. The van der Waals surface area contributed by atoms with Crippen LogP contribution in [-0.2, 0) is 25.5 Å². The summed E-state index contributed by atoms with van der Waals surface area (Å²) in [6, 6.07) is 7.62. The number of methoxy groups -OCH3 is 1. The van der Waals surface area contributed by atoms with E-state index in [0.717, 1.165) is 5.56 Å². The summed E-state index contributed by atoms with van der Waals surface area (Å²) in [5, 5.41) is 5.21. The van der Waals surface area contributed by atoms with Gasteiger partial charge in [-0.1, -0.05) is 37.3 Å². The Kier molecular flexibility index (Phi) is 8.09. The van der Waals surface area contributed by atoms with Crippen molar-refractivity contribution >= 4 is 18.0 Å². The van der Waals surface area contributed by atoms with Crippen molar-refractivity contribution in [2.45, 2.75) is 58.2 Å². The predicted molar refractivity (Wildman–Crippen MR) is 97.5 cm³/mol. The van der Waals surface area contributed by atoms with E-state index >= 15 is 0 Å². The van der Waals surface area contributed by atoms with Crippen molar-refractivity contribution in [3.63, 3.8) is 0 Å². The largest absolute Gasteiger partial charge is 0.467 e. The minimum absolute atomic E-state index is 0.267. The summed E-state index contributed by atoms with van der Waals surface area (Å²) in [6.07, 6.45) is -0.0495. The zero-order valence-electron chi connectivity index (χ0n) is 16.0. The normalized spacial score (nSPS) is 13.3. The van der Waals surface area contributed by atoms with Gasteiger partial charge in [-0.25, -0.2) is 9.59 Å². The Balaban J connectivity index is 2.89. The van der Waals surface area contributed by atoms with Crippen LogP contribution in [0.25, 0.3) is 0 Å². The Morgan fingerprint density at radius 1 is 1.04 bits per heavy atom. The second-order valence-electron chi connectivity index (χ2n) is 6.88. The molecule has 0 aliphatic carbocycles. The van der Waals surface area contributed by atoms with E-state index in [2.05, 4.69) is 15.4 Å². The fourth-order valence-electron chi connectivity index (χ4n) is 2.25. The molecule has 0 bridgehead atoms. The monoisotopic (exact) mass is 364 g/mol. The van der Waals surface area contributed by atoms with Gasteiger partial charge in [0.25, 0.3) is 0 Å². The number of alkyl carbamates (subject to hydrolysis) is 1. The van der Waals surface area contributed by atoms with Crippen molar-refractivity contribution in [3.8, 4) is 0 Å². The molecule has 2 atom stereocenters. The number of hydrogen-bond donors (Lipinski definition) is 2. The fraction of sp³-hybridized carbons (Fsp3) is 0.526. The summed E-state index contributed by atoms with van der Waals surface area (Å²) in [6.45, 7) is 6.98. The molecule has 7 nitrogen and oxygen atoms in total. The molecule has 0 aromatic heterocycles. The second-order valence-corrected chi connectivity index (χ2v) is 6.88. The van der Waals surface area contributed by atoms with E-state index in [1.165, 1.54) is 7.11 Å². The van der Waals surface area contributed by atoms with Crippen LogP contribution in [0.5, 0.6) is 0 Å². The quantitative estimate of drug-likeness (QED) is 0.724. The summed E-state index contributed by atoms with van der Waals surface area (Å²) < 4.78 is 9.92. The van der Waals surface area contributed by atoms with Crippen molar-refractivity contribution in [1.29, 1.82) is 0 Å². The maximum absolute atomic E-state index is 12.6. The third-order valence-electron chi connectivity index (χ3n) is 3.50. The number of hydrogen-bond acceptors (Lipinski definition) is 5. The smallest absolute Gasteiger partial charge is 0.408 e. The van der Waals surface area contributed by atoms with Crippen LogP contribution in [0.15, 0.2) is 30.3 Å². The first-order chi connectivity index (χ1) is 12.2. The lowest BCUT2D eigenvalue weighted by molar-refractivity contribution is -0.145. The van der Waals surface area contributed by atoms with Crippen molar-refractivity contribution in [2.75, 3.05) is 7.11 Å². The molecule has 0 unspecified atom stereocenters. The van der Waals surface area contributed by atoms with Crippen molar-refractivity contribution in [1.82, 2.24) is 10.6 Å². The predicted octanol–water partition coefficient (Wildman–Crippen LogP) is 2.19. The summed E-state index contributed by atoms with van der Waals surface area (Å²) >= 11 is 0. The average Bonchev–Trinajstić information content (AvgIpc) is 2.57. The van der Waals surface area contributed by atoms with Gasteiger partial charge in [-0.2, -0.15) is 0 Å². The Labute approximate surface area is 154 Å². The molecule has 0 fully saturated rings. The number of rotatable bonds is 7. The molecule has 1 aromatic rings. The van der Waals surface area contributed by atoms with Gasteiger partial charge in [0.15, 0.2) is 0 Å². The molecule has 2 amide bonds. The molecule has 1 aromatic carbocycles. The molecule has 2 N–H and O–H groups in total. The van der Waals surface area contributed by atoms with E-state index in [0.29, 0.717) is 6.42 Å². The maximum atomic E-state index is 12.6.